The van der Waals surface area contributed by atoms with Crippen molar-refractivity contribution in [1.29, 1.82) is 0 Å². The Balaban J connectivity index is 2.44. The van der Waals surface area contributed by atoms with Crippen molar-refractivity contribution in [2.24, 2.45) is 0 Å². The zero-order valence-electron chi connectivity index (χ0n) is 34.1. The molecule has 0 aromatic rings. The van der Waals surface area contributed by atoms with Crippen molar-refractivity contribution in [3.63, 3.8) is 0 Å². The first-order valence-corrected chi connectivity index (χ1v) is 23.0. The van der Waals surface area contributed by atoms with E-state index in [1.54, 1.807) is 0 Å². The molecule has 14 heteroatoms. The Kier molecular flexibility index (Phi) is 30.8. The van der Waals surface area contributed by atoms with Gasteiger partial charge in [0, 0.05) is 0 Å². The van der Waals surface area contributed by atoms with E-state index in [-0.39, 0.29) is 6.42 Å². The second-order valence-electron chi connectivity index (χ2n) is 15.4. The Morgan fingerprint density at radius 1 is 0.709 bits per heavy atom. The molecule has 0 aliphatic carbocycles. The minimum atomic E-state index is -5.10. The van der Waals surface area contributed by atoms with Crippen molar-refractivity contribution >= 4 is 16.3 Å². The van der Waals surface area contributed by atoms with Crippen LogP contribution in [-0.2, 0) is 28.9 Å². The van der Waals surface area contributed by atoms with E-state index in [0.29, 0.717) is 19.3 Å². The predicted octanol–water partition coefficient (Wildman–Crippen LogP) is 6.58. The summed E-state index contributed by atoms with van der Waals surface area (Å²) >= 11 is 0. The summed E-state index contributed by atoms with van der Waals surface area (Å²) in [5.74, 6) is -0.679. The number of aliphatic hydroxyl groups excluding tert-OH is 5. The third-order valence-corrected chi connectivity index (χ3v) is 10.9. The number of amides is 1. The number of ether oxygens (including phenoxy) is 2. The van der Waals surface area contributed by atoms with Gasteiger partial charge in [-0.05, 0) is 38.5 Å². The molecule has 0 bridgehead atoms. The Hall–Kier alpha value is -1.20. The van der Waals surface area contributed by atoms with Gasteiger partial charge >= 0.3 is 10.4 Å². The fraction of sp³-hybridized carbons (Fsp3) is 0.927. The van der Waals surface area contributed by atoms with E-state index >= 15 is 0 Å². The molecule has 8 unspecified atom stereocenters. The van der Waals surface area contributed by atoms with Gasteiger partial charge in [0.1, 0.15) is 30.5 Å². The molecular weight excluding hydrogens is 731 g/mol. The number of allylic oxidation sites excluding steroid dienone is 2. The average Bonchev–Trinajstić information content (AvgIpc) is 3.15. The topological polar surface area (TPSA) is 212 Å². The molecule has 0 aromatic heterocycles. The maximum atomic E-state index is 13.0. The maximum Gasteiger partial charge on any atom is 0.397 e. The van der Waals surface area contributed by atoms with Gasteiger partial charge in [-0.25, -0.2) is 4.18 Å². The molecule has 0 spiro atoms. The monoisotopic (exact) mass is 810 g/mol. The van der Waals surface area contributed by atoms with Crippen molar-refractivity contribution in [2.75, 3.05) is 13.2 Å². The van der Waals surface area contributed by atoms with Crippen LogP contribution in [0.15, 0.2) is 12.2 Å². The van der Waals surface area contributed by atoms with E-state index in [0.717, 1.165) is 70.6 Å². The fourth-order valence-electron chi connectivity index (χ4n) is 6.93. The van der Waals surface area contributed by atoms with Gasteiger partial charge in [-0.3, -0.25) is 9.35 Å². The van der Waals surface area contributed by atoms with Gasteiger partial charge < -0.3 is 40.3 Å². The molecule has 1 heterocycles. The van der Waals surface area contributed by atoms with Gasteiger partial charge in [0.15, 0.2) is 6.29 Å². The minimum Gasteiger partial charge on any atom is -0.394 e. The van der Waals surface area contributed by atoms with Crippen LogP contribution in [0.3, 0.4) is 0 Å². The number of nitrogens with one attached hydrogen (secondary N) is 1. The Morgan fingerprint density at radius 2 is 1.16 bits per heavy atom. The van der Waals surface area contributed by atoms with Crippen LogP contribution < -0.4 is 5.32 Å². The predicted molar refractivity (Wildman–Crippen MR) is 215 cm³/mol. The molecule has 1 saturated heterocycles. The highest BCUT2D eigenvalue weighted by Gasteiger charge is 2.48. The highest BCUT2D eigenvalue weighted by Crippen LogP contribution is 2.26. The SMILES string of the molecule is CCCCCCCCCCCC/C=C\CCCCCCCCC(O)C(=O)NC(COC1OC(CO)C(O)C(OS(=O)(=O)O)C1O)C(O)CCCCCCCC. The molecule has 1 aliphatic heterocycles. The zero-order valence-corrected chi connectivity index (χ0v) is 34.9. The van der Waals surface area contributed by atoms with E-state index in [1.165, 1.54) is 70.6 Å². The zero-order chi connectivity index (χ0) is 40.7. The van der Waals surface area contributed by atoms with Gasteiger partial charge in [0.25, 0.3) is 0 Å². The van der Waals surface area contributed by atoms with Gasteiger partial charge in [0.2, 0.25) is 5.91 Å². The third-order valence-electron chi connectivity index (χ3n) is 10.4. The standard InChI is InChI=1S/C41H79NO12S/c1-3-5-7-9-11-12-13-14-15-16-17-18-19-20-21-22-23-24-26-28-30-35(45)40(48)42-33(34(44)29-27-25-10-8-6-4-2)32-52-41-38(47)39(54-55(49,50)51)37(46)36(31-43)53-41/h18-19,33-39,41,43-47H,3-17,20-32H2,1-2H3,(H,42,48)(H,49,50,51)/b19-18-. The molecule has 326 valence electrons. The number of hydrogen-bond donors (Lipinski definition) is 7. The number of rotatable bonds is 36. The maximum absolute atomic E-state index is 13.0. The lowest BCUT2D eigenvalue weighted by molar-refractivity contribution is -0.298. The summed E-state index contributed by atoms with van der Waals surface area (Å²) in [5, 5.41) is 54.9. The fourth-order valence-corrected chi connectivity index (χ4v) is 7.44. The van der Waals surface area contributed by atoms with Crippen LogP contribution in [0, 0.1) is 0 Å². The highest BCUT2D eigenvalue weighted by atomic mass is 32.3. The molecular formula is C41H79NO12S. The molecule has 7 N–H and O–H groups in total. The first-order valence-electron chi connectivity index (χ1n) is 21.7. The minimum absolute atomic E-state index is 0.254. The average molecular weight is 810 g/mol. The summed E-state index contributed by atoms with van der Waals surface area (Å²) in [6, 6.07) is -1.03. The van der Waals surface area contributed by atoms with E-state index in [1.807, 2.05) is 0 Å². The summed E-state index contributed by atoms with van der Waals surface area (Å²) in [5.41, 5.74) is 0. The third kappa shape index (κ3) is 25.7. The van der Waals surface area contributed by atoms with Crippen molar-refractivity contribution in [3.05, 3.63) is 12.2 Å². The van der Waals surface area contributed by atoms with E-state index in [9.17, 15) is 38.7 Å². The number of carbonyl (C=O) groups is 1. The first-order chi connectivity index (χ1) is 26.4. The van der Waals surface area contributed by atoms with Gasteiger partial charge in [-0.15, -0.1) is 0 Å². The summed E-state index contributed by atoms with van der Waals surface area (Å²) < 4.78 is 47.2. The molecule has 1 fully saturated rings. The lowest BCUT2D eigenvalue weighted by Gasteiger charge is -2.41. The summed E-state index contributed by atoms with van der Waals surface area (Å²) in [4.78, 5) is 13.0. The second kappa shape index (κ2) is 32.7. The Bertz CT molecular complexity index is 1060. The number of carbonyl (C=O) groups excluding carboxylic acids is 1. The summed E-state index contributed by atoms with van der Waals surface area (Å²) in [6.45, 7) is 3.18. The molecule has 55 heavy (non-hydrogen) atoms. The molecule has 1 aliphatic rings. The first kappa shape index (κ1) is 51.8. The molecule has 13 nitrogen and oxygen atoms in total. The molecule has 0 saturated carbocycles. The van der Waals surface area contributed by atoms with Crippen molar-refractivity contribution < 1.29 is 57.0 Å². The molecule has 0 radical (unpaired) electrons. The Labute approximate surface area is 333 Å². The van der Waals surface area contributed by atoms with Crippen LogP contribution in [0.25, 0.3) is 0 Å². The van der Waals surface area contributed by atoms with Crippen LogP contribution >= 0.6 is 0 Å². The number of hydrogen-bond acceptors (Lipinski definition) is 11. The van der Waals surface area contributed by atoms with Gasteiger partial charge in [-0.2, -0.15) is 8.42 Å². The van der Waals surface area contributed by atoms with Gasteiger partial charge in [0.05, 0.1) is 25.4 Å². The van der Waals surface area contributed by atoms with Crippen LogP contribution in [0.4, 0.5) is 0 Å². The second-order valence-corrected chi connectivity index (χ2v) is 16.5. The summed E-state index contributed by atoms with van der Waals surface area (Å²) in [6.07, 6.45) is 21.7. The molecule has 1 amide bonds. The molecule has 1 rings (SSSR count). The summed E-state index contributed by atoms with van der Waals surface area (Å²) in [7, 11) is -5.10. The van der Waals surface area contributed by atoms with E-state index in [4.69, 9.17) is 14.0 Å². The van der Waals surface area contributed by atoms with E-state index in [2.05, 4.69) is 35.5 Å². The van der Waals surface area contributed by atoms with Crippen LogP contribution in [0.5, 0.6) is 0 Å². The normalized spacial score (nSPS) is 22.2. The lowest BCUT2D eigenvalue weighted by atomic mass is 9.99. The smallest absolute Gasteiger partial charge is 0.394 e. The molecule has 8 atom stereocenters. The van der Waals surface area contributed by atoms with Gasteiger partial charge in [-0.1, -0.05) is 154 Å². The van der Waals surface area contributed by atoms with Crippen LogP contribution in [0.1, 0.15) is 181 Å². The van der Waals surface area contributed by atoms with Crippen molar-refractivity contribution in [3.8, 4) is 0 Å². The lowest BCUT2D eigenvalue weighted by Crippen LogP contribution is -2.61. The van der Waals surface area contributed by atoms with E-state index < -0.39 is 78.5 Å². The number of unbranched alkanes of at least 4 members (excludes halogenated alkanes) is 21. The quantitative estimate of drug-likeness (QED) is 0.0203. The molecule has 0 aromatic carbocycles. The van der Waals surface area contributed by atoms with Crippen LogP contribution in [-0.4, -0.2) is 107 Å². The van der Waals surface area contributed by atoms with Crippen molar-refractivity contribution in [2.45, 2.75) is 230 Å². The van der Waals surface area contributed by atoms with Crippen LogP contribution in [0.2, 0.25) is 0 Å². The Morgan fingerprint density at radius 3 is 1.64 bits per heavy atom. The largest absolute Gasteiger partial charge is 0.397 e. The van der Waals surface area contributed by atoms with Crippen molar-refractivity contribution in [1.82, 2.24) is 5.32 Å². The number of aliphatic hydroxyl groups is 5. The highest BCUT2D eigenvalue weighted by molar-refractivity contribution is 7.80.